The number of esters is 1. The number of aliphatic hydroxyl groups is 1. The van der Waals surface area contributed by atoms with Crippen LogP contribution >= 0.6 is 0 Å². The number of carbonyl (C=O) groups is 1. The second-order valence-corrected chi connectivity index (χ2v) is 5.66. The van der Waals surface area contributed by atoms with Crippen LogP contribution in [0.4, 0.5) is 0 Å². The Hall–Kier alpha value is -0.830. The Bertz CT molecular complexity index is 332. The highest BCUT2D eigenvalue weighted by Crippen LogP contribution is 2.51. The number of methoxy groups -OCH3 is 1. The molecule has 0 amide bonds. The Kier molecular flexibility index (Phi) is 3.30. The Labute approximate surface area is 103 Å². The fourth-order valence-electron chi connectivity index (χ4n) is 3.33. The maximum absolute atomic E-state index is 11.5. The van der Waals surface area contributed by atoms with E-state index in [4.69, 9.17) is 4.74 Å². The number of ether oxygens (including phenoxy) is 1. The summed E-state index contributed by atoms with van der Waals surface area (Å²) in [6.07, 6.45) is 9.86. The van der Waals surface area contributed by atoms with E-state index in [1.54, 1.807) is 0 Å². The van der Waals surface area contributed by atoms with E-state index < -0.39 is 5.60 Å². The maximum Gasteiger partial charge on any atom is 0.312 e. The molecule has 2 aliphatic carbocycles. The number of hydrogen-bond acceptors (Lipinski definition) is 3. The zero-order valence-corrected chi connectivity index (χ0v) is 10.7. The summed E-state index contributed by atoms with van der Waals surface area (Å²) >= 11 is 0. The van der Waals surface area contributed by atoms with Crippen molar-refractivity contribution in [3.8, 4) is 0 Å². The molecule has 0 heterocycles. The van der Waals surface area contributed by atoms with Gasteiger partial charge in [0.2, 0.25) is 0 Å². The second kappa shape index (κ2) is 4.45. The predicted molar refractivity (Wildman–Crippen MR) is 65.4 cm³/mol. The first-order valence-corrected chi connectivity index (χ1v) is 6.50. The predicted octanol–water partition coefficient (Wildman–Crippen LogP) is 2.44. The van der Waals surface area contributed by atoms with Gasteiger partial charge >= 0.3 is 5.97 Å². The van der Waals surface area contributed by atoms with Crippen LogP contribution in [0.25, 0.3) is 0 Å². The monoisotopic (exact) mass is 238 g/mol. The van der Waals surface area contributed by atoms with Gasteiger partial charge in [-0.25, -0.2) is 0 Å². The van der Waals surface area contributed by atoms with E-state index >= 15 is 0 Å². The molecule has 0 aromatic rings. The van der Waals surface area contributed by atoms with Crippen LogP contribution in [-0.4, -0.2) is 23.8 Å². The molecule has 1 N–H and O–H groups in total. The van der Waals surface area contributed by atoms with Crippen molar-refractivity contribution in [2.24, 2.45) is 11.3 Å². The van der Waals surface area contributed by atoms with Gasteiger partial charge in [0.15, 0.2) is 0 Å². The van der Waals surface area contributed by atoms with Gasteiger partial charge in [-0.2, -0.15) is 0 Å². The Morgan fingerprint density at radius 1 is 1.35 bits per heavy atom. The van der Waals surface area contributed by atoms with E-state index in [1.165, 1.54) is 13.5 Å². The first kappa shape index (κ1) is 12.6. The molecule has 1 spiro atoms. The summed E-state index contributed by atoms with van der Waals surface area (Å²) in [6, 6.07) is 0. The second-order valence-electron chi connectivity index (χ2n) is 5.66. The minimum Gasteiger partial charge on any atom is -0.469 e. The molecule has 0 aliphatic heterocycles. The first-order valence-electron chi connectivity index (χ1n) is 6.50. The van der Waals surface area contributed by atoms with Gasteiger partial charge in [-0.1, -0.05) is 25.0 Å². The lowest BCUT2D eigenvalue weighted by molar-refractivity contribution is -0.145. The zero-order valence-electron chi connectivity index (χ0n) is 10.7. The van der Waals surface area contributed by atoms with Crippen LogP contribution < -0.4 is 0 Å². The molecule has 0 saturated heterocycles. The Balaban J connectivity index is 2.17. The van der Waals surface area contributed by atoms with Crippen LogP contribution in [0.5, 0.6) is 0 Å². The Morgan fingerprint density at radius 2 is 2.06 bits per heavy atom. The van der Waals surface area contributed by atoms with Crippen molar-refractivity contribution in [2.75, 3.05) is 7.11 Å². The molecular formula is C14H22O3. The molecule has 2 rings (SSSR count). The van der Waals surface area contributed by atoms with Gasteiger partial charge in [-0.05, 0) is 32.6 Å². The molecule has 0 radical (unpaired) electrons. The van der Waals surface area contributed by atoms with E-state index in [1.807, 2.05) is 13.0 Å². The third kappa shape index (κ3) is 2.13. The smallest absolute Gasteiger partial charge is 0.312 e. The molecule has 3 heteroatoms. The van der Waals surface area contributed by atoms with Gasteiger partial charge in [-0.3, -0.25) is 4.79 Å². The molecular weight excluding hydrogens is 216 g/mol. The van der Waals surface area contributed by atoms with Crippen molar-refractivity contribution < 1.29 is 14.6 Å². The van der Waals surface area contributed by atoms with Crippen LogP contribution in [0.2, 0.25) is 0 Å². The number of carbonyl (C=O) groups excluding carboxylic acids is 1. The maximum atomic E-state index is 11.5. The molecule has 0 unspecified atom stereocenters. The van der Waals surface area contributed by atoms with E-state index in [2.05, 4.69) is 6.08 Å². The lowest BCUT2D eigenvalue weighted by Crippen LogP contribution is -2.48. The van der Waals surface area contributed by atoms with Crippen LogP contribution in [0.1, 0.15) is 45.4 Å². The standard InChI is InChI=1S/C14H22O3/c1-13(16)7-3-4-8-14(13)9-5-11(6-10-14)12(15)17-2/h5,9,11,16H,3-4,6-8,10H2,1-2H3/t11-,13-,14+/m1/s1. The van der Waals surface area contributed by atoms with E-state index in [0.717, 1.165) is 32.1 Å². The highest BCUT2D eigenvalue weighted by Gasteiger charge is 2.48. The number of rotatable bonds is 1. The topological polar surface area (TPSA) is 46.5 Å². The van der Waals surface area contributed by atoms with Gasteiger partial charge in [0.1, 0.15) is 0 Å². The SMILES string of the molecule is COC(=O)[C@@H]1C=C[C@@]2(CCCC[C@@]2(C)O)CC1. The third-order valence-electron chi connectivity index (χ3n) is 4.66. The minimum atomic E-state index is -0.622. The largest absolute Gasteiger partial charge is 0.469 e. The summed E-state index contributed by atoms with van der Waals surface area (Å²) < 4.78 is 4.76. The molecule has 0 bridgehead atoms. The molecule has 2 aliphatic rings. The summed E-state index contributed by atoms with van der Waals surface area (Å²) in [5.74, 6) is -0.282. The van der Waals surface area contributed by atoms with Crippen molar-refractivity contribution in [2.45, 2.75) is 51.0 Å². The van der Waals surface area contributed by atoms with Crippen molar-refractivity contribution in [1.29, 1.82) is 0 Å². The molecule has 3 nitrogen and oxygen atoms in total. The van der Waals surface area contributed by atoms with Crippen molar-refractivity contribution >= 4 is 5.97 Å². The normalized spacial score (nSPS) is 41.5. The van der Waals surface area contributed by atoms with Crippen LogP contribution in [0, 0.1) is 11.3 Å². The molecule has 17 heavy (non-hydrogen) atoms. The molecule has 0 aromatic heterocycles. The highest BCUT2D eigenvalue weighted by molar-refractivity contribution is 5.74. The van der Waals surface area contributed by atoms with Gasteiger partial charge in [0.05, 0.1) is 18.6 Å². The van der Waals surface area contributed by atoms with E-state index in [-0.39, 0.29) is 17.3 Å². The molecule has 1 fully saturated rings. The Morgan fingerprint density at radius 3 is 2.59 bits per heavy atom. The zero-order chi connectivity index (χ0) is 12.5. The van der Waals surface area contributed by atoms with E-state index in [0.29, 0.717) is 0 Å². The highest BCUT2D eigenvalue weighted by atomic mass is 16.5. The summed E-state index contributed by atoms with van der Waals surface area (Å²) in [7, 11) is 1.43. The summed E-state index contributed by atoms with van der Waals surface area (Å²) in [6.45, 7) is 1.94. The fraction of sp³-hybridized carbons (Fsp3) is 0.786. The average molecular weight is 238 g/mol. The lowest BCUT2D eigenvalue weighted by atomic mass is 9.59. The molecule has 0 aromatic carbocycles. The van der Waals surface area contributed by atoms with Crippen molar-refractivity contribution in [1.82, 2.24) is 0 Å². The summed E-state index contributed by atoms with van der Waals surface area (Å²) in [5, 5.41) is 10.6. The average Bonchev–Trinajstić information content (AvgIpc) is 2.33. The van der Waals surface area contributed by atoms with Gasteiger partial charge < -0.3 is 9.84 Å². The number of hydrogen-bond donors (Lipinski definition) is 1. The summed E-state index contributed by atoms with van der Waals surface area (Å²) in [4.78, 5) is 11.5. The van der Waals surface area contributed by atoms with E-state index in [9.17, 15) is 9.90 Å². The lowest BCUT2D eigenvalue weighted by Gasteiger charge is -2.49. The van der Waals surface area contributed by atoms with Gasteiger partial charge in [0, 0.05) is 5.41 Å². The van der Waals surface area contributed by atoms with Crippen LogP contribution in [0.3, 0.4) is 0 Å². The fourth-order valence-corrected chi connectivity index (χ4v) is 3.33. The molecule has 3 atom stereocenters. The minimum absolute atomic E-state index is 0.115. The quantitative estimate of drug-likeness (QED) is 0.564. The molecule has 96 valence electrons. The molecule has 1 saturated carbocycles. The summed E-state index contributed by atoms with van der Waals surface area (Å²) in [5.41, 5.74) is -0.737. The van der Waals surface area contributed by atoms with Crippen molar-refractivity contribution in [3.63, 3.8) is 0 Å². The van der Waals surface area contributed by atoms with Gasteiger partial charge in [-0.15, -0.1) is 0 Å². The van der Waals surface area contributed by atoms with Crippen LogP contribution in [0.15, 0.2) is 12.2 Å². The van der Waals surface area contributed by atoms with Crippen molar-refractivity contribution in [3.05, 3.63) is 12.2 Å². The van der Waals surface area contributed by atoms with Crippen LogP contribution in [-0.2, 0) is 9.53 Å². The third-order valence-corrected chi connectivity index (χ3v) is 4.66. The van der Waals surface area contributed by atoms with Gasteiger partial charge in [0.25, 0.3) is 0 Å². The first-order chi connectivity index (χ1) is 8.01.